The molecule has 0 saturated carbocycles. The molecule has 6 rings (SSSR count). The van der Waals surface area contributed by atoms with E-state index in [0.717, 1.165) is 6.42 Å². The van der Waals surface area contributed by atoms with Crippen LogP contribution in [0, 0.1) is 0 Å². The molecule has 0 aliphatic carbocycles. The first-order valence-corrected chi connectivity index (χ1v) is 16.3. The van der Waals surface area contributed by atoms with Gasteiger partial charge < -0.3 is 30.5 Å². The predicted octanol–water partition coefficient (Wildman–Crippen LogP) is 5.35. The fraction of sp³-hybridized carbons (Fsp3) is 0.257. The minimum atomic E-state index is 0.0774. The highest BCUT2D eigenvalue weighted by atomic mass is 35.5. The Bertz CT molecular complexity index is 1980. The predicted molar refractivity (Wildman–Crippen MR) is 186 cm³/mol. The number of ether oxygens (including phenoxy) is 2. The molecule has 5 aromatic rings. The quantitative estimate of drug-likeness (QED) is 0.126. The van der Waals surface area contributed by atoms with Crippen LogP contribution in [-0.4, -0.2) is 62.7 Å². The van der Waals surface area contributed by atoms with Gasteiger partial charge in [0.2, 0.25) is 17.7 Å². The molecule has 4 heterocycles. The Labute approximate surface area is 293 Å². The Hall–Kier alpha value is -4.88. The number of carbonyl (C=O) groups excluding carboxylic acids is 1. The van der Waals surface area contributed by atoms with Gasteiger partial charge in [-0.15, -0.1) is 0 Å². The molecular weight excluding hydrogens is 667 g/mol. The Balaban J connectivity index is 1.21. The minimum absolute atomic E-state index is 0.0774. The van der Waals surface area contributed by atoms with Gasteiger partial charge in [-0.25, -0.2) is 9.97 Å². The SMILES string of the molecule is COc1nc(-c2cccc(-c3cccc(-c4cnc(CNCC5CCC(=O)N5)c(OC)n4)c3Cl)c2Cl)cnc1CNCc1ncccc1O. The monoisotopic (exact) mass is 700 g/mol. The Morgan fingerprint density at radius 1 is 0.776 bits per heavy atom. The van der Waals surface area contributed by atoms with Crippen molar-refractivity contribution in [1.29, 1.82) is 0 Å². The van der Waals surface area contributed by atoms with E-state index in [-0.39, 0.29) is 17.7 Å². The second-order valence-corrected chi connectivity index (χ2v) is 12.0. The van der Waals surface area contributed by atoms with Crippen LogP contribution >= 0.6 is 23.2 Å². The maximum atomic E-state index is 11.5. The summed E-state index contributed by atoms with van der Waals surface area (Å²) in [5.74, 6) is 0.913. The summed E-state index contributed by atoms with van der Waals surface area (Å²) in [6.45, 7) is 1.74. The number of hydrogen-bond donors (Lipinski definition) is 4. The zero-order valence-electron chi connectivity index (χ0n) is 26.8. The molecule has 252 valence electrons. The van der Waals surface area contributed by atoms with E-state index < -0.39 is 0 Å². The van der Waals surface area contributed by atoms with Crippen LogP contribution in [0.25, 0.3) is 33.6 Å². The molecule has 12 nitrogen and oxygen atoms in total. The van der Waals surface area contributed by atoms with Crippen molar-refractivity contribution < 1.29 is 19.4 Å². The third kappa shape index (κ3) is 7.73. The normalized spacial score (nSPS) is 14.1. The number of nitrogens with zero attached hydrogens (tertiary/aromatic N) is 5. The summed E-state index contributed by atoms with van der Waals surface area (Å²) in [5.41, 5.74) is 5.55. The van der Waals surface area contributed by atoms with E-state index in [0.29, 0.717) is 105 Å². The molecule has 1 amide bonds. The number of methoxy groups -OCH3 is 2. The number of rotatable bonds is 13. The highest BCUT2D eigenvalue weighted by Crippen LogP contribution is 2.42. The van der Waals surface area contributed by atoms with Crippen LogP contribution in [0.15, 0.2) is 67.1 Å². The standard InChI is InChI=1S/C35H34Cl2N8O4/c1-48-34-28(16-38-14-20-11-12-31(47)43-20)41-18-25(44-34)23-8-3-6-21(32(23)36)22-7-4-9-24(33(22)37)26-19-42-29(35(45-26)49-2)17-39-15-27-30(46)10-5-13-40-27/h3-10,13,18-20,38-39,46H,11-12,14-17H2,1-2H3,(H,43,47). The average Bonchev–Trinajstić information content (AvgIpc) is 3.54. The van der Waals surface area contributed by atoms with E-state index in [1.807, 2.05) is 36.4 Å². The summed E-state index contributed by atoms with van der Waals surface area (Å²) in [7, 11) is 3.08. The molecule has 1 unspecified atom stereocenters. The van der Waals surface area contributed by atoms with Crippen molar-refractivity contribution in [1.82, 2.24) is 40.9 Å². The van der Waals surface area contributed by atoms with Crippen molar-refractivity contribution in [3.05, 3.63) is 94.2 Å². The molecule has 14 heteroatoms. The summed E-state index contributed by atoms with van der Waals surface area (Å²) >= 11 is 14.1. The van der Waals surface area contributed by atoms with Crippen molar-refractivity contribution >= 4 is 29.1 Å². The van der Waals surface area contributed by atoms with E-state index >= 15 is 0 Å². The van der Waals surface area contributed by atoms with E-state index in [2.05, 4.69) is 30.9 Å². The van der Waals surface area contributed by atoms with Crippen molar-refractivity contribution in [3.8, 4) is 51.2 Å². The first-order valence-electron chi connectivity index (χ1n) is 15.6. The second kappa shape index (κ2) is 15.6. The van der Waals surface area contributed by atoms with Gasteiger partial charge >= 0.3 is 0 Å². The number of amides is 1. The fourth-order valence-corrected chi connectivity index (χ4v) is 6.21. The fourth-order valence-electron chi connectivity index (χ4n) is 5.56. The van der Waals surface area contributed by atoms with E-state index in [1.165, 1.54) is 7.11 Å². The second-order valence-electron chi connectivity index (χ2n) is 11.3. The molecule has 2 aromatic carbocycles. The van der Waals surface area contributed by atoms with Gasteiger partial charge in [-0.05, 0) is 18.6 Å². The third-order valence-corrected chi connectivity index (χ3v) is 8.88. The van der Waals surface area contributed by atoms with Gasteiger partial charge in [-0.3, -0.25) is 19.7 Å². The summed E-state index contributed by atoms with van der Waals surface area (Å²) in [6, 6.07) is 14.6. The molecule has 1 atom stereocenters. The van der Waals surface area contributed by atoms with E-state index in [4.69, 9.17) is 42.6 Å². The summed E-state index contributed by atoms with van der Waals surface area (Å²) < 4.78 is 11.1. The third-order valence-electron chi connectivity index (χ3n) is 8.07. The average molecular weight is 702 g/mol. The van der Waals surface area contributed by atoms with Crippen LogP contribution in [0.5, 0.6) is 17.5 Å². The minimum Gasteiger partial charge on any atom is -0.506 e. The summed E-state index contributed by atoms with van der Waals surface area (Å²) in [6.07, 6.45) is 6.29. The van der Waals surface area contributed by atoms with Crippen LogP contribution in [0.1, 0.15) is 29.9 Å². The van der Waals surface area contributed by atoms with Crippen LogP contribution in [0.4, 0.5) is 0 Å². The highest BCUT2D eigenvalue weighted by molar-refractivity contribution is 6.39. The van der Waals surface area contributed by atoms with Crippen molar-refractivity contribution in [2.24, 2.45) is 0 Å². The lowest BCUT2D eigenvalue weighted by molar-refractivity contribution is -0.119. The lowest BCUT2D eigenvalue weighted by atomic mass is 9.98. The first-order chi connectivity index (χ1) is 23.9. The molecule has 49 heavy (non-hydrogen) atoms. The Morgan fingerprint density at radius 2 is 1.33 bits per heavy atom. The smallest absolute Gasteiger partial charge is 0.237 e. The number of aromatic nitrogens is 5. The number of halogens is 2. The summed E-state index contributed by atoms with van der Waals surface area (Å²) in [5, 5.41) is 20.4. The number of aromatic hydroxyl groups is 1. The maximum absolute atomic E-state index is 11.5. The topological polar surface area (TPSA) is 156 Å². The molecule has 0 radical (unpaired) electrons. The van der Waals surface area contributed by atoms with Crippen LogP contribution in [-0.2, 0) is 24.4 Å². The van der Waals surface area contributed by atoms with Crippen molar-refractivity contribution in [3.63, 3.8) is 0 Å². The number of benzene rings is 2. The number of carbonyl (C=O) groups is 1. The molecule has 1 aliphatic rings. The molecule has 4 N–H and O–H groups in total. The highest BCUT2D eigenvalue weighted by Gasteiger charge is 2.21. The van der Waals surface area contributed by atoms with Crippen LogP contribution < -0.4 is 25.4 Å². The van der Waals surface area contributed by atoms with Crippen LogP contribution in [0.2, 0.25) is 10.0 Å². The van der Waals surface area contributed by atoms with Gasteiger partial charge in [0, 0.05) is 67.1 Å². The van der Waals surface area contributed by atoms with Gasteiger partial charge in [-0.2, -0.15) is 0 Å². The summed E-state index contributed by atoms with van der Waals surface area (Å²) in [4.78, 5) is 34.3. The molecule has 1 fully saturated rings. The molecule has 1 aliphatic heterocycles. The van der Waals surface area contributed by atoms with Gasteiger partial charge in [-0.1, -0.05) is 59.6 Å². The van der Waals surface area contributed by atoms with Gasteiger partial charge in [0.05, 0.1) is 53.7 Å². The number of nitrogens with one attached hydrogen (secondary N) is 3. The largest absolute Gasteiger partial charge is 0.506 e. The maximum Gasteiger partial charge on any atom is 0.237 e. The Kier molecular flexibility index (Phi) is 10.8. The molecule has 0 bridgehead atoms. The van der Waals surface area contributed by atoms with Crippen LogP contribution in [0.3, 0.4) is 0 Å². The van der Waals surface area contributed by atoms with Crippen molar-refractivity contribution in [2.45, 2.75) is 38.5 Å². The lowest BCUT2D eigenvalue weighted by Gasteiger charge is -2.15. The molecule has 3 aromatic heterocycles. The lowest BCUT2D eigenvalue weighted by Crippen LogP contribution is -2.35. The van der Waals surface area contributed by atoms with E-state index in [1.54, 1.807) is 37.8 Å². The number of hydrogen-bond acceptors (Lipinski definition) is 11. The molecule has 0 spiro atoms. The molecule has 1 saturated heterocycles. The van der Waals surface area contributed by atoms with E-state index in [9.17, 15) is 9.90 Å². The molecular formula is C35H34Cl2N8O4. The Morgan fingerprint density at radius 3 is 1.86 bits per heavy atom. The zero-order chi connectivity index (χ0) is 34.3. The van der Waals surface area contributed by atoms with Crippen molar-refractivity contribution in [2.75, 3.05) is 20.8 Å². The van der Waals surface area contributed by atoms with Gasteiger partial charge in [0.1, 0.15) is 17.1 Å². The van der Waals surface area contributed by atoms with Gasteiger partial charge in [0.15, 0.2) is 0 Å². The van der Waals surface area contributed by atoms with Gasteiger partial charge in [0.25, 0.3) is 0 Å². The number of pyridine rings is 1. The zero-order valence-corrected chi connectivity index (χ0v) is 28.3. The first kappa shape index (κ1) is 34.0.